The average molecular weight is 244 g/mol. The van der Waals surface area contributed by atoms with E-state index in [1.54, 1.807) is 0 Å². The molecule has 1 aromatic heterocycles. The molecule has 1 N–H and O–H groups in total. The van der Waals surface area contributed by atoms with Gasteiger partial charge < -0.3 is 9.88 Å². The summed E-state index contributed by atoms with van der Waals surface area (Å²) >= 11 is 0. The smallest absolute Gasteiger partial charge is 0.0483 e. The van der Waals surface area contributed by atoms with Crippen molar-refractivity contribution >= 4 is 10.9 Å². The number of hydrogen-bond acceptors (Lipinski definition) is 1. The Morgan fingerprint density at radius 1 is 1.06 bits per heavy atom. The lowest BCUT2D eigenvalue weighted by Gasteiger charge is -2.01. The largest absolute Gasteiger partial charge is 0.347 e. The zero-order valence-electron chi connectivity index (χ0n) is 11.6. The summed E-state index contributed by atoms with van der Waals surface area (Å²) in [7, 11) is 0. The summed E-state index contributed by atoms with van der Waals surface area (Å²) in [6.07, 6.45) is 5.85. The zero-order chi connectivity index (χ0) is 12.8. The second-order valence-electron chi connectivity index (χ2n) is 4.86. The lowest BCUT2D eigenvalue weighted by atomic mass is 10.1. The van der Waals surface area contributed by atoms with E-state index in [0.29, 0.717) is 0 Å². The van der Waals surface area contributed by atoms with Crippen molar-refractivity contribution < 1.29 is 0 Å². The molecule has 0 aliphatic rings. The number of nitrogens with one attached hydrogen (secondary N) is 1. The van der Waals surface area contributed by atoms with E-state index in [1.165, 1.54) is 29.3 Å². The Bertz CT molecular complexity index is 485. The van der Waals surface area contributed by atoms with E-state index in [0.717, 1.165) is 26.1 Å². The first-order chi connectivity index (χ1) is 8.86. The molecule has 0 bridgehead atoms. The number of nitrogens with zero attached hydrogens (tertiary/aromatic N) is 1. The molecule has 0 unspecified atom stereocenters. The van der Waals surface area contributed by atoms with Gasteiger partial charge in [-0.3, -0.25) is 0 Å². The summed E-state index contributed by atoms with van der Waals surface area (Å²) in [5.74, 6) is 0. The van der Waals surface area contributed by atoms with Gasteiger partial charge in [-0.1, -0.05) is 32.0 Å². The lowest BCUT2D eigenvalue weighted by Crippen LogP contribution is -2.17. The molecular weight excluding hydrogens is 220 g/mol. The molecule has 18 heavy (non-hydrogen) atoms. The number of aromatic nitrogens is 1. The van der Waals surface area contributed by atoms with Crippen LogP contribution in [0.4, 0.5) is 0 Å². The average Bonchev–Trinajstić information content (AvgIpc) is 2.74. The standard InChI is InChI=1S/C16H24N2/c1-3-10-17-11-9-14-13-18(12-4-2)16-8-6-5-7-15(14)16/h5-8,13,17H,3-4,9-12H2,1-2H3. The summed E-state index contributed by atoms with van der Waals surface area (Å²) < 4.78 is 2.39. The highest BCUT2D eigenvalue weighted by molar-refractivity contribution is 5.84. The maximum Gasteiger partial charge on any atom is 0.0483 e. The van der Waals surface area contributed by atoms with Crippen molar-refractivity contribution in [3.63, 3.8) is 0 Å². The summed E-state index contributed by atoms with van der Waals surface area (Å²) in [6.45, 7) is 7.75. The van der Waals surface area contributed by atoms with E-state index in [9.17, 15) is 0 Å². The third kappa shape index (κ3) is 2.94. The Labute approximate surface area is 110 Å². The number of para-hydroxylation sites is 1. The quantitative estimate of drug-likeness (QED) is 0.736. The molecule has 0 amide bonds. The van der Waals surface area contributed by atoms with Gasteiger partial charge in [-0.2, -0.15) is 0 Å². The molecule has 0 atom stereocenters. The van der Waals surface area contributed by atoms with Gasteiger partial charge >= 0.3 is 0 Å². The minimum atomic E-state index is 1.08. The van der Waals surface area contributed by atoms with Gasteiger partial charge in [-0.25, -0.2) is 0 Å². The summed E-state index contributed by atoms with van der Waals surface area (Å²) in [5, 5.41) is 4.90. The van der Waals surface area contributed by atoms with Crippen LogP contribution in [-0.4, -0.2) is 17.7 Å². The molecule has 2 nitrogen and oxygen atoms in total. The number of hydrogen-bond donors (Lipinski definition) is 1. The molecule has 0 aliphatic carbocycles. The highest BCUT2D eigenvalue weighted by atomic mass is 15.0. The molecule has 0 fully saturated rings. The van der Waals surface area contributed by atoms with Crippen molar-refractivity contribution in [2.24, 2.45) is 0 Å². The Balaban J connectivity index is 2.16. The fourth-order valence-electron chi connectivity index (χ4n) is 2.47. The third-order valence-electron chi connectivity index (χ3n) is 3.33. The minimum Gasteiger partial charge on any atom is -0.347 e. The van der Waals surface area contributed by atoms with Gasteiger partial charge in [0, 0.05) is 23.6 Å². The van der Waals surface area contributed by atoms with E-state index >= 15 is 0 Å². The van der Waals surface area contributed by atoms with Gasteiger partial charge in [0.25, 0.3) is 0 Å². The SMILES string of the molecule is CCCNCCc1cn(CCC)c2ccccc12. The predicted octanol–water partition coefficient (Wildman–Crippen LogP) is 3.59. The van der Waals surface area contributed by atoms with E-state index < -0.39 is 0 Å². The number of benzene rings is 1. The molecule has 0 saturated heterocycles. The van der Waals surface area contributed by atoms with E-state index in [-0.39, 0.29) is 0 Å². The van der Waals surface area contributed by atoms with Crippen molar-refractivity contribution in [3.8, 4) is 0 Å². The van der Waals surface area contributed by atoms with Crippen LogP contribution >= 0.6 is 0 Å². The lowest BCUT2D eigenvalue weighted by molar-refractivity contribution is 0.667. The van der Waals surface area contributed by atoms with Crippen LogP contribution < -0.4 is 5.32 Å². The molecule has 98 valence electrons. The van der Waals surface area contributed by atoms with Gasteiger partial charge in [0.2, 0.25) is 0 Å². The molecular formula is C16H24N2. The Hall–Kier alpha value is -1.28. The summed E-state index contributed by atoms with van der Waals surface area (Å²) in [4.78, 5) is 0. The molecule has 0 aliphatic heterocycles. The van der Waals surface area contributed by atoms with E-state index in [2.05, 4.69) is 54.2 Å². The summed E-state index contributed by atoms with van der Waals surface area (Å²) in [6, 6.07) is 8.75. The molecule has 0 saturated carbocycles. The first-order valence-corrected chi connectivity index (χ1v) is 7.14. The number of aryl methyl sites for hydroxylation is 1. The first-order valence-electron chi connectivity index (χ1n) is 7.14. The van der Waals surface area contributed by atoms with Gasteiger partial charge in [-0.05, 0) is 44.0 Å². The monoisotopic (exact) mass is 244 g/mol. The minimum absolute atomic E-state index is 1.08. The van der Waals surface area contributed by atoms with Crippen LogP contribution in [-0.2, 0) is 13.0 Å². The van der Waals surface area contributed by atoms with E-state index in [4.69, 9.17) is 0 Å². The maximum atomic E-state index is 3.48. The molecule has 2 heteroatoms. The van der Waals surface area contributed by atoms with Crippen LogP contribution in [0.25, 0.3) is 10.9 Å². The molecule has 2 rings (SSSR count). The van der Waals surface area contributed by atoms with Gasteiger partial charge in [-0.15, -0.1) is 0 Å². The normalized spacial score (nSPS) is 11.2. The predicted molar refractivity (Wildman–Crippen MR) is 79.1 cm³/mol. The molecule has 1 heterocycles. The Morgan fingerprint density at radius 2 is 1.89 bits per heavy atom. The first kappa shape index (κ1) is 13.2. The van der Waals surface area contributed by atoms with Crippen LogP contribution in [0, 0.1) is 0 Å². The molecule has 0 radical (unpaired) electrons. The summed E-state index contributed by atoms with van der Waals surface area (Å²) in [5.41, 5.74) is 2.85. The zero-order valence-corrected chi connectivity index (χ0v) is 11.6. The number of rotatable bonds is 7. The van der Waals surface area contributed by atoms with Crippen molar-refractivity contribution in [1.29, 1.82) is 0 Å². The fraction of sp³-hybridized carbons (Fsp3) is 0.500. The van der Waals surface area contributed by atoms with Crippen LogP contribution in [0.5, 0.6) is 0 Å². The van der Waals surface area contributed by atoms with Crippen LogP contribution in [0.15, 0.2) is 30.5 Å². The van der Waals surface area contributed by atoms with E-state index in [1.807, 2.05) is 0 Å². The number of fused-ring (bicyclic) bond motifs is 1. The second-order valence-corrected chi connectivity index (χ2v) is 4.86. The van der Waals surface area contributed by atoms with Crippen LogP contribution in [0.3, 0.4) is 0 Å². The highest BCUT2D eigenvalue weighted by Gasteiger charge is 2.06. The maximum absolute atomic E-state index is 3.48. The van der Waals surface area contributed by atoms with Crippen molar-refractivity contribution in [1.82, 2.24) is 9.88 Å². The molecule has 2 aromatic rings. The van der Waals surface area contributed by atoms with Crippen molar-refractivity contribution in [2.45, 2.75) is 39.7 Å². The fourth-order valence-corrected chi connectivity index (χ4v) is 2.47. The Kier molecular flexibility index (Phi) is 4.82. The van der Waals surface area contributed by atoms with Crippen molar-refractivity contribution in [3.05, 3.63) is 36.0 Å². The van der Waals surface area contributed by atoms with Gasteiger partial charge in [0.05, 0.1) is 0 Å². The van der Waals surface area contributed by atoms with Crippen LogP contribution in [0.1, 0.15) is 32.3 Å². The van der Waals surface area contributed by atoms with Gasteiger partial charge in [0.1, 0.15) is 0 Å². The molecule has 1 aromatic carbocycles. The van der Waals surface area contributed by atoms with Crippen molar-refractivity contribution in [2.75, 3.05) is 13.1 Å². The van der Waals surface area contributed by atoms with Crippen LogP contribution in [0.2, 0.25) is 0 Å². The third-order valence-corrected chi connectivity index (χ3v) is 3.33. The van der Waals surface area contributed by atoms with Gasteiger partial charge in [0.15, 0.2) is 0 Å². The molecule has 0 spiro atoms. The topological polar surface area (TPSA) is 17.0 Å². The highest BCUT2D eigenvalue weighted by Crippen LogP contribution is 2.21. The Morgan fingerprint density at radius 3 is 2.67 bits per heavy atom. The second kappa shape index (κ2) is 6.60.